The van der Waals surface area contributed by atoms with E-state index in [1.54, 1.807) is 47.6 Å². The molecule has 1 aromatic rings. The lowest BCUT2D eigenvalue weighted by atomic mass is 10.0. The van der Waals surface area contributed by atoms with Crippen molar-refractivity contribution in [1.82, 2.24) is 10.2 Å². The molecule has 2 atom stereocenters. The molecule has 0 bridgehead atoms. The van der Waals surface area contributed by atoms with Crippen LogP contribution in [0, 0.1) is 0 Å². The van der Waals surface area contributed by atoms with Crippen LogP contribution in [-0.4, -0.2) is 53.5 Å². The summed E-state index contributed by atoms with van der Waals surface area (Å²) < 4.78 is 16.9. The number of carbonyl (C=O) groups excluding carboxylic acids is 2. The minimum absolute atomic E-state index is 0.123. The van der Waals surface area contributed by atoms with Crippen molar-refractivity contribution in [2.45, 2.75) is 78.4 Å². The fraction of sp³-hybridized carbons (Fsp3) is 0.538. The van der Waals surface area contributed by atoms with Gasteiger partial charge in [-0.3, -0.25) is 0 Å². The molecule has 0 aliphatic rings. The predicted octanol–water partition coefficient (Wildman–Crippen LogP) is 5.46. The van der Waals surface area contributed by atoms with Gasteiger partial charge in [0.05, 0.1) is 18.8 Å². The molecule has 0 aliphatic carbocycles. The van der Waals surface area contributed by atoms with Gasteiger partial charge in [0.15, 0.2) is 0 Å². The number of alkyl carbamates (subject to hydrolysis) is 1. The van der Waals surface area contributed by atoms with Crippen LogP contribution in [0.2, 0.25) is 0 Å². The largest absolute Gasteiger partial charge is 0.444 e. The third kappa shape index (κ3) is 11.6. The molecular weight excluding hydrogens is 420 g/mol. The lowest BCUT2D eigenvalue weighted by Gasteiger charge is -2.32. The summed E-state index contributed by atoms with van der Waals surface area (Å²) in [5.74, 6) is 0. The number of benzene rings is 1. The first-order valence-electron chi connectivity index (χ1n) is 11.1. The van der Waals surface area contributed by atoms with Crippen LogP contribution in [0.15, 0.2) is 55.1 Å². The Morgan fingerprint density at radius 3 is 2.15 bits per heavy atom. The fourth-order valence-corrected chi connectivity index (χ4v) is 2.82. The van der Waals surface area contributed by atoms with E-state index in [1.165, 1.54) is 4.90 Å². The van der Waals surface area contributed by atoms with E-state index in [2.05, 4.69) is 18.5 Å². The van der Waals surface area contributed by atoms with Crippen molar-refractivity contribution in [2.75, 3.05) is 13.1 Å². The lowest BCUT2D eigenvalue weighted by molar-refractivity contribution is 0.0225. The minimum Gasteiger partial charge on any atom is -0.444 e. The molecule has 1 aromatic carbocycles. The van der Waals surface area contributed by atoms with E-state index in [-0.39, 0.29) is 13.1 Å². The first-order chi connectivity index (χ1) is 15.2. The van der Waals surface area contributed by atoms with Crippen molar-refractivity contribution in [2.24, 2.45) is 0 Å². The molecule has 0 saturated heterocycles. The molecule has 0 aliphatic heterocycles. The van der Waals surface area contributed by atoms with Crippen molar-refractivity contribution in [3.8, 4) is 0 Å². The monoisotopic (exact) mass is 460 g/mol. The van der Waals surface area contributed by atoms with Crippen LogP contribution in [-0.2, 0) is 20.8 Å². The standard InChI is InChI=1S/C26H40N2O5/c1-10-16-28(24(30)33-26(7,8)9)17-22(27-23(29)32-25(4,5)6)19(2)20(3)31-18-21-14-12-11-13-15-21/h10-15,20,22H,1-2,16-18H2,3-9H3,(H,27,29)/t20?,22-/m0/s1. The molecule has 1 unspecified atom stereocenters. The summed E-state index contributed by atoms with van der Waals surface area (Å²) in [5, 5.41) is 2.83. The number of hydrogen-bond donors (Lipinski definition) is 1. The third-order valence-corrected chi connectivity index (χ3v) is 4.41. The topological polar surface area (TPSA) is 77.1 Å². The molecule has 1 rings (SSSR count). The van der Waals surface area contributed by atoms with Crippen LogP contribution < -0.4 is 5.32 Å². The number of amides is 2. The van der Waals surface area contributed by atoms with Crippen LogP contribution in [0.3, 0.4) is 0 Å². The smallest absolute Gasteiger partial charge is 0.410 e. The molecule has 0 radical (unpaired) electrons. The maximum Gasteiger partial charge on any atom is 0.410 e. The summed E-state index contributed by atoms with van der Waals surface area (Å²) in [6, 6.07) is 9.15. The normalized spacial score (nSPS) is 13.4. The van der Waals surface area contributed by atoms with E-state index in [1.807, 2.05) is 37.3 Å². The molecule has 0 aromatic heterocycles. The van der Waals surface area contributed by atoms with Gasteiger partial charge in [0.2, 0.25) is 0 Å². The van der Waals surface area contributed by atoms with Crippen LogP contribution in [0.1, 0.15) is 54.0 Å². The van der Waals surface area contributed by atoms with Gasteiger partial charge in [0, 0.05) is 13.1 Å². The second-order valence-corrected chi connectivity index (χ2v) is 9.89. The van der Waals surface area contributed by atoms with Crippen molar-refractivity contribution in [1.29, 1.82) is 0 Å². The molecule has 0 fully saturated rings. The SMILES string of the molecule is C=CCN(C[C@H](NC(=O)OC(C)(C)C)C(=C)C(C)OCc1ccccc1)C(=O)OC(C)(C)C. The molecular formula is C26H40N2O5. The van der Waals surface area contributed by atoms with Gasteiger partial charge in [-0.15, -0.1) is 6.58 Å². The molecule has 1 N–H and O–H groups in total. The van der Waals surface area contributed by atoms with Crippen LogP contribution in [0.4, 0.5) is 9.59 Å². The average Bonchev–Trinajstić information content (AvgIpc) is 2.68. The highest BCUT2D eigenvalue weighted by atomic mass is 16.6. The molecule has 7 nitrogen and oxygen atoms in total. The van der Waals surface area contributed by atoms with E-state index in [4.69, 9.17) is 14.2 Å². The van der Waals surface area contributed by atoms with E-state index in [0.717, 1.165) is 5.56 Å². The zero-order chi connectivity index (χ0) is 25.2. The highest BCUT2D eigenvalue weighted by Crippen LogP contribution is 2.17. The summed E-state index contributed by atoms with van der Waals surface area (Å²) in [7, 11) is 0. The second kappa shape index (κ2) is 12.4. The van der Waals surface area contributed by atoms with E-state index >= 15 is 0 Å². The molecule has 2 amide bonds. The summed E-state index contributed by atoms with van der Waals surface area (Å²) in [6.45, 7) is 21.3. The minimum atomic E-state index is -0.669. The molecule has 0 heterocycles. The number of nitrogens with zero attached hydrogens (tertiary/aromatic N) is 1. The van der Waals surface area contributed by atoms with Crippen LogP contribution >= 0.6 is 0 Å². The van der Waals surface area contributed by atoms with Crippen LogP contribution in [0.25, 0.3) is 0 Å². The third-order valence-electron chi connectivity index (χ3n) is 4.41. The van der Waals surface area contributed by atoms with Gasteiger partial charge in [0.25, 0.3) is 0 Å². The Labute approximate surface area is 198 Å². The average molecular weight is 461 g/mol. The van der Waals surface area contributed by atoms with Crippen molar-refractivity contribution in [3.63, 3.8) is 0 Å². The fourth-order valence-electron chi connectivity index (χ4n) is 2.82. The van der Waals surface area contributed by atoms with E-state index in [0.29, 0.717) is 12.2 Å². The Balaban J connectivity index is 3.01. The summed E-state index contributed by atoms with van der Waals surface area (Å²) in [6.07, 6.45) is 0.0945. The highest BCUT2D eigenvalue weighted by molar-refractivity contribution is 5.70. The Kier molecular flexibility index (Phi) is 10.6. The lowest BCUT2D eigenvalue weighted by Crippen LogP contribution is -2.50. The Morgan fingerprint density at radius 2 is 1.64 bits per heavy atom. The summed E-state index contributed by atoms with van der Waals surface area (Å²) in [5.41, 5.74) is 0.302. The molecule has 184 valence electrons. The predicted molar refractivity (Wildman–Crippen MR) is 131 cm³/mol. The summed E-state index contributed by atoms with van der Waals surface area (Å²) in [4.78, 5) is 26.8. The highest BCUT2D eigenvalue weighted by Gasteiger charge is 2.29. The van der Waals surface area contributed by atoms with Gasteiger partial charge in [-0.25, -0.2) is 9.59 Å². The van der Waals surface area contributed by atoms with Crippen molar-refractivity contribution < 1.29 is 23.8 Å². The number of ether oxygens (including phenoxy) is 3. The van der Waals surface area contributed by atoms with Gasteiger partial charge in [-0.1, -0.05) is 43.0 Å². The number of rotatable bonds is 10. The van der Waals surface area contributed by atoms with Gasteiger partial charge < -0.3 is 24.4 Å². The van der Waals surface area contributed by atoms with Gasteiger partial charge in [0.1, 0.15) is 11.2 Å². The summed E-state index contributed by atoms with van der Waals surface area (Å²) >= 11 is 0. The second-order valence-electron chi connectivity index (χ2n) is 9.89. The number of nitrogens with one attached hydrogen (secondary N) is 1. The molecule has 0 saturated carbocycles. The maximum absolute atomic E-state index is 12.8. The first kappa shape index (κ1) is 28.2. The number of hydrogen-bond acceptors (Lipinski definition) is 5. The van der Waals surface area contributed by atoms with Crippen molar-refractivity contribution >= 4 is 12.2 Å². The zero-order valence-electron chi connectivity index (χ0n) is 21.1. The molecule has 7 heteroatoms. The number of carbonyl (C=O) groups is 2. The Bertz CT molecular complexity index is 793. The maximum atomic E-state index is 12.8. The molecule has 0 spiro atoms. The van der Waals surface area contributed by atoms with E-state index < -0.39 is 35.5 Å². The zero-order valence-corrected chi connectivity index (χ0v) is 21.1. The van der Waals surface area contributed by atoms with Gasteiger partial charge in [-0.2, -0.15) is 0 Å². The van der Waals surface area contributed by atoms with Crippen molar-refractivity contribution in [3.05, 3.63) is 60.7 Å². The quantitative estimate of drug-likeness (QED) is 0.469. The Hall–Kier alpha value is -2.80. The first-order valence-corrected chi connectivity index (χ1v) is 11.1. The Morgan fingerprint density at radius 1 is 1.06 bits per heavy atom. The molecule has 33 heavy (non-hydrogen) atoms. The van der Waals surface area contributed by atoms with Gasteiger partial charge in [-0.05, 0) is 59.6 Å². The van der Waals surface area contributed by atoms with Gasteiger partial charge >= 0.3 is 12.2 Å². The van der Waals surface area contributed by atoms with E-state index in [9.17, 15) is 9.59 Å². The van der Waals surface area contributed by atoms with Crippen LogP contribution in [0.5, 0.6) is 0 Å².